The van der Waals surface area contributed by atoms with Crippen molar-refractivity contribution >= 4 is 17.5 Å². The summed E-state index contributed by atoms with van der Waals surface area (Å²) in [5, 5.41) is 11.3. The molecular weight excluding hydrogens is 204 g/mol. The van der Waals surface area contributed by atoms with Gasteiger partial charge in [-0.25, -0.2) is 0 Å². The lowest BCUT2D eigenvalue weighted by Gasteiger charge is -2.15. The molecule has 1 aromatic heterocycles. The van der Waals surface area contributed by atoms with Gasteiger partial charge in [-0.15, -0.1) is 0 Å². The Balaban J connectivity index is 2.74. The number of nitrogens with one attached hydrogen (secondary N) is 1. The van der Waals surface area contributed by atoms with Crippen molar-refractivity contribution < 1.29 is 9.21 Å². The van der Waals surface area contributed by atoms with Crippen molar-refractivity contribution in [3.63, 3.8) is 0 Å². The number of carbonyl (C=O) groups excluding carboxylic acids is 1. The molecule has 0 atom stereocenters. The van der Waals surface area contributed by atoms with Gasteiger partial charge < -0.3 is 9.73 Å². The van der Waals surface area contributed by atoms with Crippen molar-refractivity contribution in [2.45, 2.75) is 19.4 Å². The second-order valence-corrected chi connectivity index (χ2v) is 3.67. The first-order chi connectivity index (χ1) is 6.44. The Morgan fingerprint density at radius 1 is 1.64 bits per heavy atom. The fraction of sp³-hybridized carbons (Fsp3) is 0.333. The first-order valence-corrected chi connectivity index (χ1v) is 4.31. The van der Waals surface area contributed by atoms with Crippen molar-refractivity contribution in [1.29, 1.82) is 5.26 Å². The van der Waals surface area contributed by atoms with Crippen molar-refractivity contribution in [2.75, 3.05) is 0 Å². The van der Waals surface area contributed by atoms with Gasteiger partial charge in [0.25, 0.3) is 5.91 Å². The topological polar surface area (TPSA) is 66.0 Å². The van der Waals surface area contributed by atoms with Crippen LogP contribution >= 0.6 is 11.6 Å². The number of furan rings is 1. The maximum Gasteiger partial charge on any atom is 0.288 e. The first kappa shape index (κ1) is 10.6. The molecule has 0 aliphatic carbocycles. The molecule has 0 radical (unpaired) electrons. The van der Waals surface area contributed by atoms with Crippen LogP contribution in [0.2, 0.25) is 5.22 Å². The number of amides is 1. The minimum absolute atomic E-state index is 0.0957. The van der Waals surface area contributed by atoms with Crippen LogP contribution in [0, 0.1) is 11.3 Å². The Labute approximate surface area is 86.5 Å². The molecular formula is C9H9ClN2O2. The van der Waals surface area contributed by atoms with Gasteiger partial charge in [-0.05, 0) is 37.6 Å². The van der Waals surface area contributed by atoms with Gasteiger partial charge in [-0.2, -0.15) is 5.26 Å². The lowest BCUT2D eigenvalue weighted by molar-refractivity contribution is 0.0901. The average molecular weight is 213 g/mol. The molecule has 0 saturated carbocycles. The third-order valence-electron chi connectivity index (χ3n) is 1.50. The third-order valence-corrected chi connectivity index (χ3v) is 1.71. The van der Waals surface area contributed by atoms with Crippen LogP contribution in [0.1, 0.15) is 24.4 Å². The van der Waals surface area contributed by atoms with Gasteiger partial charge in [-0.3, -0.25) is 4.79 Å². The number of hydrogen-bond acceptors (Lipinski definition) is 3. The molecule has 5 heteroatoms. The molecule has 74 valence electrons. The van der Waals surface area contributed by atoms with Crippen LogP contribution < -0.4 is 5.32 Å². The number of halogens is 1. The van der Waals surface area contributed by atoms with Gasteiger partial charge in [0.2, 0.25) is 0 Å². The average Bonchev–Trinajstić information content (AvgIpc) is 2.51. The van der Waals surface area contributed by atoms with Crippen molar-refractivity contribution in [2.24, 2.45) is 0 Å². The number of rotatable bonds is 2. The number of hydrogen-bond donors (Lipinski definition) is 1. The van der Waals surface area contributed by atoms with Crippen LogP contribution in [-0.2, 0) is 0 Å². The summed E-state index contributed by atoms with van der Waals surface area (Å²) in [6, 6.07) is 4.86. The predicted molar refractivity (Wildman–Crippen MR) is 50.9 cm³/mol. The van der Waals surface area contributed by atoms with Gasteiger partial charge in [0.15, 0.2) is 11.0 Å². The number of nitrogens with zero attached hydrogens (tertiary/aromatic N) is 1. The minimum atomic E-state index is -0.920. The molecule has 1 amide bonds. The van der Waals surface area contributed by atoms with Crippen molar-refractivity contribution in [3.8, 4) is 6.07 Å². The second kappa shape index (κ2) is 3.72. The molecule has 1 heterocycles. The van der Waals surface area contributed by atoms with Gasteiger partial charge in [-0.1, -0.05) is 0 Å². The van der Waals surface area contributed by atoms with E-state index in [2.05, 4.69) is 5.32 Å². The van der Waals surface area contributed by atoms with E-state index in [9.17, 15) is 4.79 Å². The van der Waals surface area contributed by atoms with Crippen LogP contribution in [-0.4, -0.2) is 11.4 Å². The second-order valence-electron chi connectivity index (χ2n) is 3.29. The van der Waals surface area contributed by atoms with Crippen LogP contribution in [0.4, 0.5) is 0 Å². The highest BCUT2D eigenvalue weighted by Gasteiger charge is 2.21. The standard InChI is InChI=1S/C9H9ClN2O2/c1-9(2,5-11)12-8(13)6-3-4-7(10)14-6/h3-4H,1-2H3,(H,12,13). The lowest BCUT2D eigenvalue weighted by atomic mass is 10.1. The molecule has 0 saturated heterocycles. The third kappa shape index (κ3) is 2.51. The van der Waals surface area contributed by atoms with Crippen molar-refractivity contribution in [1.82, 2.24) is 5.32 Å². The maximum atomic E-state index is 11.4. The van der Waals surface area contributed by atoms with Gasteiger partial charge in [0.1, 0.15) is 5.54 Å². The predicted octanol–water partition coefficient (Wildman–Crippen LogP) is 1.96. The van der Waals surface area contributed by atoms with Crippen LogP contribution in [0.25, 0.3) is 0 Å². The van der Waals surface area contributed by atoms with Crippen LogP contribution in [0.3, 0.4) is 0 Å². The smallest absolute Gasteiger partial charge is 0.288 e. The normalized spacial score (nSPS) is 10.7. The Morgan fingerprint density at radius 3 is 2.71 bits per heavy atom. The molecule has 0 unspecified atom stereocenters. The Morgan fingerprint density at radius 2 is 2.29 bits per heavy atom. The Kier molecular flexibility index (Phi) is 2.82. The largest absolute Gasteiger partial charge is 0.440 e. The zero-order valence-electron chi connectivity index (χ0n) is 7.80. The molecule has 1 N–H and O–H groups in total. The van der Waals surface area contributed by atoms with E-state index in [0.29, 0.717) is 0 Å². The maximum absolute atomic E-state index is 11.4. The van der Waals surface area contributed by atoms with E-state index < -0.39 is 11.4 Å². The summed E-state index contributed by atoms with van der Waals surface area (Å²) in [7, 11) is 0. The van der Waals surface area contributed by atoms with E-state index >= 15 is 0 Å². The molecule has 0 bridgehead atoms. The Bertz CT molecular complexity index is 390. The minimum Gasteiger partial charge on any atom is -0.440 e. The highest BCUT2D eigenvalue weighted by atomic mass is 35.5. The van der Waals surface area contributed by atoms with E-state index in [0.717, 1.165) is 0 Å². The SMILES string of the molecule is CC(C)(C#N)NC(=O)c1ccc(Cl)o1. The summed E-state index contributed by atoms with van der Waals surface area (Å²) in [5.74, 6) is -0.359. The van der Waals surface area contributed by atoms with Gasteiger partial charge >= 0.3 is 0 Å². The zero-order valence-corrected chi connectivity index (χ0v) is 8.55. The fourth-order valence-electron chi connectivity index (χ4n) is 0.810. The summed E-state index contributed by atoms with van der Waals surface area (Å²) in [4.78, 5) is 11.4. The number of nitriles is 1. The van der Waals surface area contributed by atoms with E-state index in [4.69, 9.17) is 21.3 Å². The summed E-state index contributed by atoms with van der Waals surface area (Å²) in [6.45, 7) is 3.19. The highest BCUT2D eigenvalue weighted by Crippen LogP contribution is 2.13. The first-order valence-electron chi connectivity index (χ1n) is 3.94. The summed E-state index contributed by atoms with van der Waals surface area (Å²) in [6.07, 6.45) is 0. The van der Waals surface area contributed by atoms with Crippen LogP contribution in [0.5, 0.6) is 0 Å². The molecule has 0 fully saturated rings. The summed E-state index contributed by atoms with van der Waals surface area (Å²) >= 11 is 5.50. The summed E-state index contributed by atoms with van der Waals surface area (Å²) in [5.41, 5.74) is -0.920. The highest BCUT2D eigenvalue weighted by molar-refractivity contribution is 6.29. The van der Waals surface area contributed by atoms with Crippen molar-refractivity contribution in [3.05, 3.63) is 23.1 Å². The van der Waals surface area contributed by atoms with Gasteiger partial charge in [0, 0.05) is 0 Å². The molecule has 14 heavy (non-hydrogen) atoms. The number of carbonyl (C=O) groups is 1. The zero-order chi connectivity index (χ0) is 10.8. The molecule has 0 aliphatic heterocycles. The molecule has 0 spiro atoms. The molecule has 0 aliphatic rings. The van der Waals surface area contributed by atoms with E-state index in [1.165, 1.54) is 12.1 Å². The molecule has 4 nitrogen and oxygen atoms in total. The molecule has 1 aromatic rings. The van der Waals surface area contributed by atoms with Gasteiger partial charge in [0.05, 0.1) is 6.07 Å². The van der Waals surface area contributed by atoms with E-state index in [-0.39, 0.29) is 11.0 Å². The fourth-order valence-corrected chi connectivity index (χ4v) is 0.956. The lowest BCUT2D eigenvalue weighted by Crippen LogP contribution is -2.41. The summed E-state index contributed by atoms with van der Waals surface area (Å²) < 4.78 is 4.88. The monoisotopic (exact) mass is 212 g/mol. The van der Waals surface area contributed by atoms with E-state index in [1.807, 2.05) is 6.07 Å². The molecule has 0 aromatic carbocycles. The quantitative estimate of drug-likeness (QED) is 0.815. The Hall–Kier alpha value is -1.47. The van der Waals surface area contributed by atoms with Crippen LogP contribution in [0.15, 0.2) is 16.5 Å². The molecule has 1 rings (SSSR count). The van der Waals surface area contributed by atoms with E-state index in [1.54, 1.807) is 13.8 Å².